The molecular weight excluding hydrogens is 232 g/mol. The van der Waals surface area contributed by atoms with Crippen molar-refractivity contribution in [2.45, 2.75) is 71.8 Å². The lowest BCUT2D eigenvalue weighted by molar-refractivity contribution is 0.135. The highest BCUT2D eigenvalue weighted by molar-refractivity contribution is 4.86. The van der Waals surface area contributed by atoms with Crippen molar-refractivity contribution in [3.05, 3.63) is 0 Å². The molecule has 0 aromatic rings. The Balaban J connectivity index is 1.72. The van der Waals surface area contributed by atoms with Gasteiger partial charge in [0, 0.05) is 18.6 Å². The molecular formula is C17H34N2. The van der Waals surface area contributed by atoms with Gasteiger partial charge in [-0.1, -0.05) is 26.2 Å². The third kappa shape index (κ3) is 5.07. The van der Waals surface area contributed by atoms with Crippen molar-refractivity contribution in [3.63, 3.8) is 0 Å². The van der Waals surface area contributed by atoms with Crippen molar-refractivity contribution in [2.24, 2.45) is 11.3 Å². The van der Waals surface area contributed by atoms with Gasteiger partial charge in [-0.15, -0.1) is 0 Å². The zero-order chi connectivity index (χ0) is 13.9. The molecule has 1 unspecified atom stereocenters. The van der Waals surface area contributed by atoms with Gasteiger partial charge >= 0.3 is 0 Å². The lowest BCUT2D eigenvalue weighted by Gasteiger charge is -2.37. The number of rotatable bonds is 4. The molecule has 1 saturated carbocycles. The second-order valence-corrected chi connectivity index (χ2v) is 8.39. The second-order valence-electron chi connectivity index (χ2n) is 8.39. The van der Waals surface area contributed by atoms with Crippen molar-refractivity contribution in [2.75, 3.05) is 26.2 Å². The highest BCUT2D eigenvalue weighted by atomic mass is 15.2. The van der Waals surface area contributed by atoms with Crippen molar-refractivity contribution in [3.8, 4) is 0 Å². The van der Waals surface area contributed by atoms with Gasteiger partial charge in [-0.3, -0.25) is 0 Å². The van der Waals surface area contributed by atoms with Crippen molar-refractivity contribution < 1.29 is 0 Å². The molecule has 112 valence electrons. The van der Waals surface area contributed by atoms with Crippen LogP contribution in [0.25, 0.3) is 0 Å². The summed E-state index contributed by atoms with van der Waals surface area (Å²) in [4.78, 5) is 2.74. The first-order valence-electron chi connectivity index (χ1n) is 8.34. The van der Waals surface area contributed by atoms with E-state index in [0.29, 0.717) is 5.41 Å². The smallest absolute Gasteiger partial charge is 0.00966 e. The van der Waals surface area contributed by atoms with E-state index in [-0.39, 0.29) is 5.54 Å². The van der Waals surface area contributed by atoms with Gasteiger partial charge in [0.15, 0.2) is 0 Å². The van der Waals surface area contributed by atoms with Crippen LogP contribution in [0.5, 0.6) is 0 Å². The minimum absolute atomic E-state index is 0.267. The molecule has 1 aliphatic heterocycles. The Kier molecular flexibility index (Phi) is 4.94. The van der Waals surface area contributed by atoms with Gasteiger partial charge in [0.05, 0.1) is 0 Å². The molecule has 2 nitrogen and oxygen atoms in total. The fourth-order valence-corrected chi connectivity index (χ4v) is 3.78. The summed E-state index contributed by atoms with van der Waals surface area (Å²) < 4.78 is 0. The molecule has 0 aromatic carbocycles. The van der Waals surface area contributed by atoms with Gasteiger partial charge in [0.25, 0.3) is 0 Å². The van der Waals surface area contributed by atoms with Gasteiger partial charge in [0.1, 0.15) is 0 Å². The van der Waals surface area contributed by atoms with Crippen LogP contribution >= 0.6 is 0 Å². The predicted octanol–water partition coefficient (Wildman–Crippen LogP) is 3.67. The van der Waals surface area contributed by atoms with E-state index in [9.17, 15) is 0 Å². The topological polar surface area (TPSA) is 15.3 Å². The van der Waals surface area contributed by atoms with Crippen molar-refractivity contribution in [1.82, 2.24) is 10.2 Å². The Labute approximate surface area is 120 Å². The number of nitrogens with one attached hydrogen (secondary N) is 1. The maximum Gasteiger partial charge on any atom is 0.00966 e. The van der Waals surface area contributed by atoms with Gasteiger partial charge in [0.2, 0.25) is 0 Å². The van der Waals surface area contributed by atoms with Gasteiger partial charge in [-0.05, 0) is 64.5 Å². The zero-order valence-corrected chi connectivity index (χ0v) is 13.6. The molecule has 1 heterocycles. The monoisotopic (exact) mass is 266 g/mol. The lowest BCUT2D eigenvalue weighted by atomic mass is 9.75. The summed E-state index contributed by atoms with van der Waals surface area (Å²) in [5, 5.41) is 3.67. The van der Waals surface area contributed by atoms with E-state index in [0.717, 1.165) is 5.92 Å². The van der Waals surface area contributed by atoms with Crippen LogP contribution in [0.15, 0.2) is 0 Å². The average molecular weight is 266 g/mol. The van der Waals surface area contributed by atoms with Crippen molar-refractivity contribution in [1.29, 1.82) is 0 Å². The molecule has 2 aliphatic rings. The number of nitrogens with zero attached hydrogens (tertiary/aromatic N) is 1. The zero-order valence-electron chi connectivity index (χ0n) is 13.6. The SMILES string of the molecule is CC1(CN2CCC(CNC(C)(C)C)C2)CCCCC1. The Hall–Kier alpha value is -0.0800. The Bertz CT molecular complexity index is 273. The Morgan fingerprint density at radius 1 is 1.16 bits per heavy atom. The maximum absolute atomic E-state index is 3.67. The van der Waals surface area contributed by atoms with Crippen LogP contribution in [0.4, 0.5) is 0 Å². The average Bonchev–Trinajstić information content (AvgIpc) is 2.73. The third-order valence-electron chi connectivity index (χ3n) is 4.96. The number of hydrogen-bond donors (Lipinski definition) is 1. The third-order valence-corrected chi connectivity index (χ3v) is 4.96. The van der Waals surface area contributed by atoms with Gasteiger partial charge < -0.3 is 10.2 Å². The Morgan fingerprint density at radius 2 is 1.84 bits per heavy atom. The van der Waals surface area contributed by atoms with E-state index < -0.39 is 0 Å². The summed E-state index contributed by atoms with van der Waals surface area (Å²) in [5.41, 5.74) is 0.882. The molecule has 1 aliphatic carbocycles. The van der Waals surface area contributed by atoms with Crippen LogP contribution in [-0.2, 0) is 0 Å². The predicted molar refractivity (Wildman–Crippen MR) is 83.5 cm³/mol. The molecule has 0 aromatic heterocycles. The van der Waals surface area contributed by atoms with Crippen LogP contribution < -0.4 is 5.32 Å². The minimum Gasteiger partial charge on any atom is -0.312 e. The fraction of sp³-hybridized carbons (Fsp3) is 1.00. The summed E-state index contributed by atoms with van der Waals surface area (Å²) in [6.07, 6.45) is 8.67. The molecule has 2 heteroatoms. The van der Waals surface area contributed by atoms with E-state index in [1.807, 2.05) is 0 Å². The molecule has 0 radical (unpaired) electrons. The van der Waals surface area contributed by atoms with Gasteiger partial charge in [-0.2, -0.15) is 0 Å². The summed E-state index contributed by atoms with van der Waals surface area (Å²) in [7, 11) is 0. The largest absolute Gasteiger partial charge is 0.312 e. The van der Waals surface area contributed by atoms with Crippen LogP contribution in [0, 0.1) is 11.3 Å². The molecule has 0 spiro atoms. The van der Waals surface area contributed by atoms with Gasteiger partial charge in [-0.25, -0.2) is 0 Å². The first-order valence-corrected chi connectivity index (χ1v) is 8.34. The van der Waals surface area contributed by atoms with E-state index in [1.54, 1.807) is 0 Å². The standard InChI is InChI=1S/C17H34N2/c1-16(2,3)18-12-15-8-11-19(13-15)14-17(4)9-6-5-7-10-17/h15,18H,5-14H2,1-4H3. The summed E-state index contributed by atoms with van der Waals surface area (Å²) in [6, 6.07) is 0. The van der Waals surface area contributed by atoms with Crippen LogP contribution in [-0.4, -0.2) is 36.6 Å². The highest BCUT2D eigenvalue weighted by Gasteiger charge is 2.32. The highest BCUT2D eigenvalue weighted by Crippen LogP contribution is 2.37. The van der Waals surface area contributed by atoms with Crippen LogP contribution in [0.2, 0.25) is 0 Å². The molecule has 0 bridgehead atoms. The van der Waals surface area contributed by atoms with E-state index >= 15 is 0 Å². The second kappa shape index (κ2) is 6.13. The number of hydrogen-bond acceptors (Lipinski definition) is 2. The maximum atomic E-state index is 3.67. The fourth-order valence-electron chi connectivity index (χ4n) is 3.78. The minimum atomic E-state index is 0.267. The first-order chi connectivity index (χ1) is 8.86. The lowest BCUT2D eigenvalue weighted by Crippen LogP contribution is -2.40. The molecule has 2 rings (SSSR count). The molecule has 0 amide bonds. The van der Waals surface area contributed by atoms with E-state index in [1.165, 1.54) is 64.7 Å². The van der Waals surface area contributed by atoms with Crippen LogP contribution in [0.1, 0.15) is 66.2 Å². The molecule has 1 saturated heterocycles. The number of likely N-dealkylation sites (tertiary alicyclic amines) is 1. The van der Waals surface area contributed by atoms with E-state index in [4.69, 9.17) is 0 Å². The molecule has 19 heavy (non-hydrogen) atoms. The normalized spacial score (nSPS) is 28.7. The molecule has 2 fully saturated rings. The molecule has 1 atom stereocenters. The summed E-state index contributed by atoms with van der Waals surface area (Å²) in [6.45, 7) is 14.5. The summed E-state index contributed by atoms with van der Waals surface area (Å²) in [5.74, 6) is 0.867. The summed E-state index contributed by atoms with van der Waals surface area (Å²) >= 11 is 0. The Morgan fingerprint density at radius 3 is 2.47 bits per heavy atom. The molecule has 1 N–H and O–H groups in total. The van der Waals surface area contributed by atoms with Crippen LogP contribution in [0.3, 0.4) is 0 Å². The first kappa shape index (κ1) is 15.3. The quantitative estimate of drug-likeness (QED) is 0.835. The van der Waals surface area contributed by atoms with Crippen molar-refractivity contribution >= 4 is 0 Å². The van der Waals surface area contributed by atoms with E-state index in [2.05, 4.69) is 37.9 Å².